The number of nitrogens with one attached hydrogen (secondary N) is 1. The van der Waals surface area contributed by atoms with Crippen LogP contribution in [0.1, 0.15) is 51.5 Å². The van der Waals surface area contributed by atoms with Crippen molar-refractivity contribution in [1.82, 2.24) is 5.32 Å². The van der Waals surface area contributed by atoms with Gasteiger partial charge in [0.1, 0.15) is 0 Å². The fourth-order valence-electron chi connectivity index (χ4n) is 3.95. The number of phenols is 1. The second-order valence-electron chi connectivity index (χ2n) is 7.49. The molecule has 3 rings (SSSR count). The lowest BCUT2D eigenvalue weighted by atomic mass is 9.75. The fraction of sp³-hybridized carbons (Fsp3) is 0.455. The standard InChI is InChI=1S/C22H27NO6/c1-11(2)29-22(26)18-12(3)23-14-7-6-8-15(24)20(14)19(18)13-9-16(27-4)21(25)17(10-13)28-5/h9-11,19,23,25H,6-8H2,1-5H3/t19-/m1/s1. The largest absolute Gasteiger partial charge is 0.502 e. The van der Waals surface area contributed by atoms with E-state index in [0.29, 0.717) is 28.8 Å². The summed E-state index contributed by atoms with van der Waals surface area (Å²) in [5, 5.41) is 13.5. The number of allylic oxidation sites excluding steroid dienone is 3. The number of esters is 1. The van der Waals surface area contributed by atoms with Crippen molar-refractivity contribution in [3.8, 4) is 17.2 Å². The molecular formula is C22H27NO6. The Morgan fingerprint density at radius 2 is 1.79 bits per heavy atom. The molecule has 1 aromatic rings. The molecule has 7 nitrogen and oxygen atoms in total. The molecule has 2 aliphatic rings. The lowest BCUT2D eigenvalue weighted by Gasteiger charge is -2.34. The zero-order valence-electron chi connectivity index (χ0n) is 17.4. The van der Waals surface area contributed by atoms with Gasteiger partial charge in [-0.05, 0) is 51.3 Å². The minimum atomic E-state index is -0.631. The highest BCUT2D eigenvalue weighted by molar-refractivity contribution is 6.03. The summed E-state index contributed by atoms with van der Waals surface area (Å²) in [5.74, 6) is -0.837. The van der Waals surface area contributed by atoms with Crippen LogP contribution in [0.4, 0.5) is 0 Å². The Bertz CT molecular complexity index is 887. The molecule has 1 heterocycles. The Kier molecular flexibility index (Phi) is 5.86. The fourth-order valence-corrected chi connectivity index (χ4v) is 3.95. The van der Waals surface area contributed by atoms with E-state index in [2.05, 4.69) is 5.32 Å². The van der Waals surface area contributed by atoms with Crippen LogP contribution in [0, 0.1) is 0 Å². The van der Waals surface area contributed by atoms with Gasteiger partial charge in [0, 0.05) is 29.3 Å². The smallest absolute Gasteiger partial charge is 0.337 e. The normalized spacial score (nSPS) is 19.1. The van der Waals surface area contributed by atoms with E-state index >= 15 is 0 Å². The number of ketones is 1. The summed E-state index contributed by atoms with van der Waals surface area (Å²) in [6, 6.07) is 3.27. The van der Waals surface area contributed by atoms with E-state index in [9.17, 15) is 14.7 Å². The number of Topliss-reactive ketones (excluding diaryl/α,β-unsaturated/α-hetero) is 1. The molecular weight excluding hydrogens is 374 g/mol. The first-order chi connectivity index (χ1) is 13.8. The van der Waals surface area contributed by atoms with Gasteiger partial charge in [-0.1, -0.05) is 0 Å². The first-order valence-electron chi connectivity index (χ1n) is 9.68. The van der Waals surface area contributed by atoms with E-state index in [4.69, 9.17) is 14.2 Å². The SMILES string of the molecule is COc1cc([C@@H]2C(C(=O)OC(C)C)=C(C)NC3=C2C(=O)CCC3)cc(OC)c1O. The number of carbonyl (C=O) groups excluding carboxylic acids is 2. The second-order valence-corrected chi connectivity index (χ2v) is 7.49. The van der Waals surface area contributed by atoms with Gasteiger partial charge in [0.15, 0.2) is 17.3 Å². The van der Waals surface area contributed by atoms with E-state index in [1.807, 2.05) is 6.92 Å². The molecule has 0 saturated carbocycles. The van der Waals surface area contributed by atoms with Gasteiger partial charge >= 0.3 is 5.97 Å². The number of methoxy groups -OCH3 is 2. The van der Waals surface area contributed by atoms with Gasteiger partial charge in [0.05, 0.1) is 25.9 Å². The molecule has 0 bridgehead atoms. The number of hydrogen-bond acceptors (Lipinski definition) is 7. The van der Waals surface area contributed by atoms with Gasteiger partial charge in [-0.3, -0.25) is 4.79 Å². The summed E-state index contributed by atoms with van der Waals surface area (Å²) >= 11 is 0. The highest BCUT2D eigenvalue weighted by Crippen LogP contribution is 2.47. The van der Waals surface area contributed by atoms with E-state index < -0.39 is 11.9 Å². The molecule has 0 radical (unpaired) electrons. The zero-order valence-corrected chi connectivity index (χ0v) is 17.4. The van der Waals surface area contributed by atoms with Crippen LogP contribution in [0.2, 0.25) is 0 Å². The summed E-state index contributed by atoms with van der Waals surface area (Å²) in [6.45, 7) is 5.37. The quantitative estimate of drug-likeness (QED) is 0.731. The molecule has 7 heteroatoms. The average molecular weight is 401 g/mol. The third-order valence-electron chi connectivity index (χ3n) is 5.17. The van der Waals surface area contributed by atoms with E-state index in [0.717, 1.165) is 18.5 Å². The van der Waals surface area contributed by atoms with Crippen molar-refractivity contribution in [2.24, 2.45) is 0 Å². The number of ether oxygens (including phenoxy) is 3. The number of carbonyl (C=O) groups is 2. The zero-order chi connectivity index (χ0) is 21.3. The third kappa shape index (κ3) is 3.81. The molecule has 0 spiro atoms. The van der Waals surface area contributed by atoms with E-state index in [1.165, 1.54) is 14.2 Å². The summed E-state index contributed by atoms with van der Waals surface area (Å²) in [5.41, 5.74) is 3.04. The van der Waals surface area contributed by atoms with Crippen molar-refractivity contribution in [2.45, 2.75) is 52.1 Å². The van der Waals surface area contributed by atoms with Gasteiger partial charge in [0.25, 0.3) is 0 Å². The first kappa shape index (κ1) is 20.8. The van der Waals surface area contributed by atoms with Gasteiger partial charge < -0.3 is 24.6 Å². The molecule has 1 aliphatic heterocycles. The van der Waals surface area contributed by atoms with Crippen molar-refractivity contribution >= 4 is 11.8 Å². The van der Waals surface area contributed by atoms with Gasteiger partial charge in [-0.2, -0.15) is 0 Å². The van der Waals surface area contributed by atoms with Crippen LogP contribution in [-0.2, 0) is 14.3 Å². The van der Waals surface area contributed by atoms with Crippen LogP contribution in [0.25, 0.3) is 0 Å². The number of benzene rings is 1. The number of aromatic hydroxyl groups is 1. The maximum absolute atomic E-state index is 13.0. The Balaban J connectivity index is 2.23. The summed E-state index contributed by atoms with van der Waals surface area (Å²) < 4.78 is 16.1. The van der Waals surface area contributed by atoms with Crippen molar-refractivity contribution in [2.75, 3.05) is 14.2 Å². The highest BCUT2D eigenvalue weighted by Gasteiger charge is 2.40. The Labute approximate surface area is 170 Å². The van der Waals surface area contributed by atoms with Crippen molar-refractivity contribution in [3.63, 3.8) is 0 Å². The number of hydrogen-bond donors (Lipinski definition) is 2. The topological polar surface area (TPSA) is 94.1 Å². The number of phenolic OH excluding ortho intramolecular Hbond substituents is 1. The minimum Gasteiger partial charge on any atom is -0.502 e. The average Bonchev–Trinajstić information content (AvgIpc) is 2.66. The van der Waals surface area contributed by atoms with E-state index in [1.54, 1.807) is 26.0 Å². The van der Waals surface area contributed by atoms with E-state index in [-0.39, 0.29) is 29.1 Å². The second kappa shape index (κ2) is 8.19. The van der Waals surface area contributed by atoms with Gasteiger partial charge in [0.2, 0.25) is 5.75 Å². The Hall–Kier alpha value is -2.96. The predicted octanol–water partition coefficient (Wildman–Crippen LogP) is 3.33. The van der Waals surface area contributed by atoms with Crippen molar-refractivity contribution < 1.29 is 28.9 Å². The monoisotopic (exact) mass is 401 g/mol. The first-order valence-corrected chi connectivity index (χ1v) is 9.68. The number of rotatable bonds is 5. The van der Waals surface area contributed by atoms with Crippen LogP contribution in [0.15, 0.2) is 34.7 Å². The summed E-state index contributed by atoms with van der Waals surface area (Å²) in [6.07, 6.45) is 1.62. The maximum Gasteiger partial charge on any atom is 0.337 e. The lowest BCUT2D eigenvalue weighted by Crippen LogP contribution is -2.35. The summed E-state index contributed by atoms with van der Waals surface area (Å²) in [7, 11) is 2.87. The molecule has 29 heavy (non-hydrogen) atoms. The summed E-state index contributed by atoms with van der Waals surface area (Å²) in [4.78, 5) is 25.9. The molecule has 0 aromatic heterocycles. The molecule has 0 saturated heterocycles. The predicted molar refractivity (Wildman–Crippen MR) is 107 cm³/mol. The molecule has 156 valence electrons. The van der Waals surface area contributed by atoms with Crippen molar-refractivity contribution in [3.05, 3.63) is 40.2 Å². The highest BCUT2D eigenvalue weighted by atomic mass is 16.5. The van der Waals surface area contributed by atoms with Crippen LogP contribution in [-0.4, -0.2) is 37.2 Å². The minimum absolute atomic E-state index is 0.00268. The number of dihydropyridines is 1. The molecule has 1 aliphatic carbocycles. The maximum atomic E-state index is 13.0. The molecule has 0 unspecified atom stereocenters. The third-order valence-corrected chi connectivity index (χ3v) is 5.17. The Morgan fingerprint density at radius 3 is 2.34 bits per heavy atom. The lowest BCUT2D eigenvalue weighted by molar-refractivity contribution is -0.143. The van der Waals surface area contributed by atoms with Gasteiger partial charge in [-0.15, -0.1) is 0 Å². The van der Waals surface area contributed by atoms with Crippen LogP contribution >= 0.6 is 0 Å². The molecule has 1 atom stereocenters. The van der Waals surface area contributed by atoms with Crippen LogP contribution in [0.3, 0.4) is 0 Å². The molecule has 0 fully saturated rings. The van der Waals surface area contributed by atoms with Crippen LogP contribution < -0.4 is 14.8 Å². The van der Waals surface area contributed by atoms with Gasteiger partial charge in [-0.25, -0.2) is 4.79 Å². The molecule has 2 N–H and O–H groups in total. The van der Waals surface area contributed by atoms with Crippen molar-refractivity contribution in [1.29, 1.82) is 0 Å². The van der Waals surface area contributed by atoms with Crippen LogP contribution in [0.5, 0.6) is 17.2 Å². The molecule has 1 aromatic carbocycles. The Morgan fingerprint density at radius 1 is 1.17 bits per heavy atom. The molecule has 0 amide bonds.